The van der Waals surface area contributed by atoms with Crippen molar-refractivity contribution >= 4 is 23.3 Å². The molecule has 3 N–H and O–H groups in total. The zero-order valence-electron chi connectivity index (χ0n) is 18.8. The highest BCUT2D eigenvalue weighted by molar-refractivity contribution is 6.04. The largest absolute Gasteiger partial charge is 0.334 e. The molecule has 0 radical (unpaired) electrons. The molecular formula is C26H33N5O2. The molecule has 174 valence electrons. The lowest BCUT2D eigenvalue weighted by Crippen LogP contribution is -2.28. The number of benzene rings is 3. The predicted octanol–water partition coefficient (Wildman–Crippen LogP) is 4.97. The van der Waals surface area contributed by atoms with Crippen LogP contribution in [0.2, 0.25) is 0 Å². The van der Waals surface area contributed by atoms with Crippen molar-refractivity contribution in [1.82, 2.24) is 10.2 Å². The first kappa shape index (κ1) is 23.5. The van der Waals surface area contributed by atoms with Gasteiger partial charge in [0.15, 0.2) is 0 Å². The van der Waals surface area contributed by atoms with Crippen molar-refractivity contribution in [1.29, 1.82) is 5.26 Å². The van der Waals surface area contributed by atoms with Gasteiger partial charge in [-0.3, -0.25) is 4.79 Å². The maximum absolute atomic E-state index is 12.7. The molecule has 0 spiro atoms. The van der Waals surface area contributed by atoms with Crippen molar-refractivity contribution in [2.24, 2.45) is 0 Å². The first-order valence-corrected chi connectivity index (χ1v) is 10.6. The zero-order valence-corrected chi connectivity index (χ0v) is 18.8. The molecule has 0 bridgehead atoms. The van der Waals surface area contributed by atoms with Gasteiger partial charge in [0.1, 0.15) is 0 Å². The fraction of sp³-hybridized carbons (Fsp3) is 0.192. The molecule has 33 heavy (non-hydrogen) atoms. The summed E-state index contributed by atoms with van der Waals surface area (Å²) in [6.45, 7) is 1.24. The molecule has 0 saturated heterocycles. The monoisotopic (exact) mass is 447 g/mol. The maximum atomic E-state index is 12.7. The second-order valence-electron chi connectivity index (χ2n) is 7.90. The number of rotatable bonds is 8. The first-order chi connectivity index (χ1) is 15.9. The maximum Gasteiger partial charge on any atom is 0.319 e. The minimum atomic E-state index is -0.371. The lowest BCUT2D eigenvalue weighted by molar-refractivity contribution is 0.102. The summed E-state index contributed by atoms with van der Waals surface area (Å²) in [7, 11) is 4.08. The number of hydrogen-bond acceptors (Lipinski definition) is 4. The van der Waals surface area contributed by atoms with Crippen molar-refractivity contribution in [2.75, 3.05) is 31.3 Å². The van der Waals surface area contributed by atoms with Crippen LogP contribution in [0, 0.1) is 11.3 Å². The molecule has 3 amide bonds. The summed E-state index contributed by atoms with van der Waals surface area (Å²) >= 11 is 0. The Balaban J connectivity index is 0.00000408. The summed E-state index contributed by atoms with van der Waals surface area (Å²) in [5.74, 6) is -0.208. The molecule has 7 heteroatoms. The van der Waals surface area contributed by atoms with Gasteiger partial charge in [-0.05, 0) is 80.2 Å². The topological polar surface area (TPSA) is 97.3 Å². The van der Waals surface area contributed by atoms with E-state index in [0.717, 1.165) is 24.2 Å². The van der Waals surface area contributed by atoms with E-state index in [2.05, 4.69) is 20.9 Å². The van der Waals surface area contributed by atoms with Gasteiger partial charge >= 0.3 is 6.03 Å². The second-order valence-corrected chi connectivity index (χ2v) is 7.90. The van der Waals surface area contributed by atoms with Gasteiger partial charge in [0.05, 0.1) is 11.6 Å². The quantitative estimate of drug-likeness (QED) is 0.454. The van der Waals surface area contributed by atoms with Gasteiger partial charge in [-0.2, -0.15) is 5.26 Å². The van der Waals surface area contributed by atoms with Crippen LogP contribution in [-0.4, -0.2) is 37.5 Å². The Hall–Kier alpha value is -4.15. The van der Waals surface area contributed by atoms with Gasteiger partial charge in [0, 0.05) is 34.3 Å². The third-order valence-corrected chi connectivity index (χ3v) is 4.97. The van der Waals surface area contributed by atoms with E-state index in [4.69, 9.17) is 5.26 Å². The van der Waals surface area contributed by atoms with Crippen LogP contribution in [0.1, 0.15) is 31.3 Å². The Morgan fingerprint density at radius 3 is 2.24 bits per heavy atom. The Labute approximate surface area is 198 Å². The van der Waals surface area contributed by atoms with Gasteiger partial charge in [0.25, 0.3) is 5.91 Å². The number of likely N-dealkylation sites (N-methyl/N-ethyl adjacent to an activating group) is 1. The van der Waals surface area contributed by atoms with E-state index in [0.29, 0.717) is 16.8 Å². The molecule has 0 unspecified atom stereocenters. The van der Waals surface area contributed by atoms with Crippen molar-refractivity contribution in [2.45, 2.75) is 13.0 Å². The Kier molecular flexibility index (Phi) is 8.17. The number of hydrogen-bond donors (Lipinski definition) is 3. The molecule has 3 aromatic carbocycles. The molecule has 0 aliphatic rings. The number of anilines is 2. The van der Waals surface area contributed by atoms with E-state index < -0.39 is 0 Å². The van der Waals surface area contributed by atoms with Crippen molar-refractivity contribution < 1.29 is 13.9 Å². The number of carbonyl (C=O) groups excluding carboxylic acids is 2. The molecule has 3 rings (SSSR count). The highest BCUT2D eigenvalue weighted by Crippen LogP contribution is 2.13. The van der Waals surface area contributed by atoms with Crippen LogP contribution >= 0.6 is 0 Å². The molecule has 0 atom stereocenters. The van der Waals surface area contributed by atoms with E-state index in [1.807, 2.05) is 50.5 Å². The summed E-state index contributed by atoms with van der Waals surface area (Å²) < 4.78 is 0. The highest BCUT2D eigenvalue weighted by atomic mass is 16.2. The molecule has 3 aromatic rings. The SMILES string of the molecule is CN(C)CCc1ccc(NC(=O)c2cccc(CNC(=O)Nc3ccc(C#N)cc3)c2)cc1.[HH].[HH].[HH]. The third-order valence-electron chi connectivity index (χ3n) is 4.97. The van der Waals surface area contributed by atoms with Gasteiger partial charge in [0.2, 0.25) is 0 Å². The molecule has 0 aromatic heterocycles. The van der Waals surface area contributed by atoms with Gasteiger partial charge in [-0.25, -0.2) is 4.79 Å². The van der Waals surface area contributed by atoms with Crippen LogP contribution in [0.3, 0.4) is 0 Å². The van der Waals surface area contributed by atoms with E-state index in [9.17, 15) is 9.59 Å². The standard InChI is InChI=1S/C26H27N5O2.3H2/c1-31(2)15-14-19-6-10-23(11-7-19)29-25(32)22-5-3-4-21(16-22)18-28-26(33)30-24-12-8-20(17-27)9-13-24;;;/h3-13,16H,14-15,18H2,1-2H3,(H,29,32)(H2,28,30,33);3*1H. The van der Waals surface area contributed by atoms with Gasteiger partial charge < -0.3 is 20.9 Å². The number of urea groups is 1. The summed E-state index contributed by atoms with van der Waals surface area (Å²) in [6.07, 6.45) is 0.953. The Bertz CT molecular complexity index is 1150. The fourth-order valence-electron chi connectivity index (χ4n) is 3.12. The van der Waals surface area contributed by atoms with Crippen LogP contribution < -0.4 is 16.0 Å². The lowest BCUT2D eigenvalue weighted by atomic mass is 10.1. The number of nitriles is 1. The normalized spacial score (nSPS) is 10.4. The van der Waals surface area contributed by atoms with Crippen LogP contribution in [-0.2, 0) is 13.0 Å². The van der Waals surface area contributed by atoms with E-state index >= 15 is 0 Å². The zero-order chi connectivity index (χ0) is 23.6. The fourth-order valence-corrected chi connectivity index (χ4v) is 3.12. The minimum absolute atomic E-state index is 0. The molecule has 7 nitrogen and oxygen atoms in total. The minimum Gasteiger partial charge on any atom is -0.334 e. The average molecular weight is 448 g/mol. The predicted molar refractivity (Wildman–Crippen MR) is 136 cm³/mol. The van der Waals surface area contributed by atoms with Gasteiger partial charge in [-0.1, -0.05) is 24.3 Å². The summed E-state index contributed by atoms with van der Waals surface area (Å²) in [5.41, 5.74) is 4.38. The lowest BCUT2D eigenvalue weighted by Gasteiger charge is -2.11. The van der Waals surface area contributed by atoms with E-state index in [1.54, 1.807) is 42.5 Å². The summed E-state index contributed by atoms with van der Waals surface area (Å²) in [6, 6.07) is 23.2. The molecule has 0 heterocycles. The van der Waals surface area contributed by atoms with Crippen LogP contribution in [0.15, 0.2) is 72.8 Å². The van der Waals surface area contributed by atoms with Crippen molar-refractivity contribution in [3.8, 4) is 6.07 Å². The van der Waals surface area contributed by atoms with Gasteiger partial charge in [-0.15, -0.1) is 0 Å². The summed E-state index contributed by atoms with van der Waals surface area (Å²) in [5, 5.41) is 17.2. The molecule has 0 aliphatic carbocycles. The molecular weight excluding hydrogens is 414 g/mol. The van der Waals surface area contributed by atoms with Crippen LogP contribution in [0.4, 0.5) is 16.2 Å². The smallest absolute Gasteiger partial charge is 0.319 e. The number of carbonyl (C=O) groups is 2. The third kappa shape index (κ3) is 7.49. The van der Waals surface area contributed by atoms with Crippen molar-refractivity contribution in [3.05, 3.63) is 95.1 Å². The number of nitrogens with one attached hydrogen (secondary N) is 3. The van der Waals surface area contributed by atoms with E-state index in [-0.39, 0.29) is 22.8 Å². The first-order valence-electron chi connectivity index (χ1n) is 10.6. The Morgan fingerprint density at radius 1 is 0.909 bits per heavy atom. The molecule has 0 aliphatic heterocycles. The van der Waals surface area contributed by atoms with Crippen LogP contribution in [0.25, 0.3) is 0 Å². The molecule has 0 fully saturated rings. The highest BCUT2D eigenvalue weighted by Gasteiger charge is 2.08. The Morgan fingerprint density at radius 2 is 1.58 bits per heavy atom. The molecule has 0 saturated carbocycles. The summed E-state index contributed by atoms with van der Waals surface area (Å²) in [4.78, 5) is 26.9. The number of amides is 3. The number of nitrogens with zero attached hydrogens (tertiary/aromatic N) is 2. The second kappa shape index (κ2) is 11.5. The van der Waals surface area contributed by atoms with Crippen molar-refractivity contribution in [3.63, 3.8) is 0 Å². The average Bonchev–Trinajstić information content (AvgIpc) is 2.83. The van der Waals surface area contributed by atoms with E-state index in [1.165, 1.54) is 5.56 Å². The van der Waals surface area contributed by atoms with Crippen LogP contribution in [0.5, 0.6) is 0 Å².